The van der Waals surface area contributed by atoms with Crippen LogP contribution in [-0.2, 0) is 20.9 Å². The Morgan fingerprint density at radius 3 is 2.80 bits per heavy atom. The molecule has 2 atom stereocenters. The third-order valence-corrected chi connectivity index (χ3v) is 3.97. The summed E-state index contributed by atoms with van der Waals surface area (Å²) in [5.41, 5.74) is 9.23. The van der Waals surface area contributed by atoms with Crippen molar-refractivity contribution in [2.24, 2.45) is 0 Å². The molecule has 0 unspecified atom stereocenters. The Kier molecular flexibility index (Phi) is 6.42. The van der Waals surface area contributed by atoms with Gasteiger partial charge in [-0.3, -0.25) is 14.5 Å². The van der Waals surface area contributed by atoms with Crippen molar-refractivity contribution in [3.8, 4) is 0 Å². The molecule has 25 heavy (non-hydrogen) atoms. The second-order valence-electron chi connectivity index (χ2n) is 5.77. The van der Waals surface area contributed by atoms with Crippen LogP contribution in [0.1, 0.15) is 25.3 Å². The topological polar surface area (TPSA) is 112 Å². The van der Waals surface area contributed by atoms with E-state index in [2.05, 4.69) is 10.1 Å². The van der Waals surface area contributed by atoms with Gasteiger partial charge in [-0.15, -0.1) is 0 Å². The first-order chi connectivity index (χ1) is 12.0. The van der Waals surface area contributed by atoms with E-state index in [-0.39, 0.29) is 6.61 Å². The smallest absolute Gasteiger partial charge is 0.410 e. The van der Waals surface area contributed by atoms with E-state index >= 15 is 0 Å². The van der Waals surface area contributed by atoms with E-state index in [4.69, 9.17) is 10.3 Å². The van der Waals surface area contributed by atoms with Crippen LogP contribution < -0.4 is 5.32 Å². The molecular weight excluding hydrogens is 324 g/mol. The molecule has 0 aromatic heterocycles. The van der Waals surface area contributed by atoms with Crippen molar-refractivity contribution in [2.75, 3.05) is 6.54 Å². The lowest BCUT2D eigenvalue weighted by molar-refractivity contribution is -0.128. The van der Waals surface area contributed by atoms with Gasteiger partial charge in [0.1, 0.15) is 12.6 Å². The van der Waals surface area contributed by atoms with E-state index < -0.39 is 29.9 Å². The van der Waals surface area contributed by atoms with Crippen molar-refractivity contribution in [3.05, 3.63) is 41.4 Å². The average molecular weight is 344 g/mol. The van der Waals surface area contributed by atoms with Gasteiger partial charge in [-0.2, -0.15) is 4.79 Å². The van der Waals surface area contributed by atoms with Gasteiger partial charge in [0.05, 0.1) is 6.04 Å². The first-order valence-corrected chi connectivity index (χ1v) is 8.02. The zero-order valence-corrected chi connectivity index (χ0v) is 13.9. The molecule has 0 saturated carbocycles. The summed E-state index contributed by atoms with van der Waals surface area (Å²) in [5.74, 6) is -0.964. The molecule has 1 aromatic carbocycles. The Morgan fingerprint density at radius 2 is 2.12 bits per heavy atom. The summed E-state index contributed by atoms with van der Waals surface area (Å²) in [7, 11) is 0. The Labute approximate surface area is 145 Å². The average Bonchev–Trinajstić information content (AvgIpc) is 3.10. The lowest BCUT2D eigenvalue weighted by Gasteiger charge is -2.24. The van der Waals surface area contributed by atoms with Gasteiger partial charge in [0, 0.05) is 6.54 Å². The van der Waals surface area contributed by atoms with Gasteiger partial charge >= 0.3 is 12.3 Å². The van der Waals surface area contributed by atoms with Gasteiger partial charge in [0.15, 0.2) is 0 Å². The van der Waals surface area contributed by atoms with Crippen LogP contribution in [0.25, 0.3) is 5.53 Å². The number of amides is 2. The number of hydrogen-bond acceptors (Lipinski definition) is 4. The van der Waals surface area contributed by atoms with Gasteiger partial charge in [0.25, 0.3) is 5.78 Å². The SMILES string of the molecule is C[C@H](NC(=O)[C@@H]1CCCN1C(=O)OCc1ccccc1)C(=O)C=[N+]=[N-]. The lowest BCUT2D eigenvalue weighted by atomic mass is 10.1. The largest absolute Gasteiger partial charge is 0.445 e. The molecule has 2 rings (SSSR count). The van der Waals surface area contributed by atoms with Crippen LogP contribution in [-0.4, -0.2) is 52.3 Å². The molecular formula is C17H20N4O4. The van der Waals surface area contributed by atoms with E-state index in [0.29, 0.717) is 19.4 Å². The Balaban J connectivity index is 1.92. The minimum absolute atomic E-state index is 0.131. The first-order valence-electron chi connectivity index (χ1n) is 8.02. The molecule has 1 aliphatic heterocycles. The summed E-state index contributed by atoms with van der Waals surface area (Å²) < 4.78 is 5.27. The maximum Gasteiger partial charge on any atom is 0.410 e. The summed E-state index contributed by atoms with van der Waals surface area (Å²) >= 11 is 0. The second kappa shape index (κ2) is 8.75. The van der Waals surface area contributed by atoms with Crippen LogP contribution in [0, 0.1) is 0 Å². The fourth-order valence-electron chi connectivity index (χ4n) is 2.61. The second-order valence-corrected chi connectivity index (χ2v) is 5.77. The summed E-state index contributed by atoms with van der Waals surface area (Å²) in [6, 6.07) is 7.74. The normalized spacial score (nSPS) is 17.3. The molecule has 8 nitrogen and oxygen atoms in total. The van der Waals surface area contributed by atoms with Gasteiger partial charge < -0.3 is 15.6 Å². The summed E-state index contributed by atoms with van der Waals surface area (Å²) in [6.45, 7) is 2.04. The van der Waals surface area contributed by atoms with Crippen LogP contribution >= 0.6 is 0 Å². The van der Waals surface area contributed by atoms with Crippen LogP contribution in [0.5, 0.6) is 0 Å². The molecule has 0 spiro atoms. The number of carbonyl (C=O) groups is 3. The lowest BCUT2D eigenvalue weighted by Crippen LogP contribution is -2.50. The number of carbonyl (C=O) groups excluding carboxylic acids is 3. The van der Waals surface area contributed by atoms with E-state index in [1.54, 1.807) is 0 Å². The number of nitrogens with zero attached hydrogens (tertiary/aromatic N) is 3. The van der Waals surface area contributed by atoms with E-state index in [1.165, 1.54) is 11.8 Å². The minimum Gasteiger partial charge on any atom is -0.445 e. The Hall–Kier alpha value is -2.99. The van der Waals surface area contributed by atoms with Crippen LogP contribution in [0.2, 0.25) is 0 Å². The molecule has 1 saturated heterocycles. The predicted molar refractivity (Wildman–Crippen MR) is 88.7 cm³/mol. The molecule has 0 radical (unpaired) electrons. The Bertz CT molecular complexity index is 685. The van der Waals surface area contributed by atoms with Crippen molar-refractivity contribution in [2.45, 2.75) is 38.5 Å². The number of ketones is 1. The molecule has 1 aliphatic rings. The minimum atomic E-state index is -0.841. The van der Waals surface area contributed by atoms with Crippen molar-refractivity contribution in [1.29, 1.82) is 0 Å². The van der Waals surface area contributed by atoms with Crippen LogP contribution in [0.4, 0.5) is 4.79 Å². The van der Waals surface area contributed by atoms with Crippen molar-refractivity contribution in [3.63, 3.8) is 0 Å². The van der Waals surface area contributed by atoms with Gasteiger partial charge in [-0.05, 0) is 25.3 Å². The molecule has 0 aliphatic carbocycles. The molecule has 1 N–H and O–H groups in total. The van der Waals surface area contributed by atoms with E-state index in [0.717, 1.165) is 11.8 Å². The summed E-state index contributed by atoms with van der Waals surface area (Å²) in [5, 5.41) is 2.52. The molecule has 1 aromatic rings. The maximum absolute atomic E-state index is 12.3. The quantitative estimate of drug-likeness (QED) is 0.474. The predicted octanol–water partition coefficient (Wildman–Crippen LogP) is 1.16. The van der Waals surface area contributed by atoms with Gasteiger partial charge in [-0.25, -0.2) is 4.79 Å². The standard InChI is InChI=1S/C17H20N4O4/c1-12(15(22)10-19-18)20-16(23)14-8-5-9-21(14)17(24)25-11-13-6-3-2-4-7-13/h2-4,6-7,10,12,14H,5,8-9,11H2,1H3,(H,20,23)/t12-,14-/m0/s1. The van der Waals surface area contributed by atoms with Gasteiger partial charge in [0.2, 0.25) is 5.91 Å². The van der Waals surface area contributed by atoms with Crippen molar-refractivity contribution < 1.29 is 23.9 Å². The monoisotopic (exact) mass is 344 g/mol. The van der Waals surface area contributed by atoms with Crippen molar-refractivity contribution >= 4 is 24.0 Å². The highest BCUT2D eigenvalue weighted by Gasteiger charge is 2.36. The fraction of sp³-hybridized carbons (Fsp3) is 0.412. The fourth-order valence-corrected chi connectivity index (χ4v) is 2.61. The number of hydrogen-bond donors (Lipinski definition) is 1. The Morgan fingerprint density at radius 1 is 1.40 bits per heavy atom. The van der Waals surface area contributed by atoms with E-state index in [9.17, 15) is 14.4 Å². The number of nitrogens with one attached hydrogen (secondary N) is 1. The van der Waals surface area contributed by atoms with E-state index in [1.807, 2.05) is 30.3 Å². The highest BCUT2D eigenvalue weighted by molar-refractivity contribution is 6.28. The highest BCUT2D eigenvalue weighted by Crippen LogP contribution is 2.19. The maximum atomic E-state index is 12.3. The third kappa shape index (κ3) is 4.99. The molecule has 1 heterocycles. The zero-order chi connectivity index (χ0) is 18.2. The molecule has 2 amide bonds. The molecule has 0 bridgehead atoms. The molecule has 8 heteroatoms. The third-order valence-electron chi connectivity index (χ3n) is 3.97. The number of Topliss-reactive ketones (excluding diaryl/α,β-unsaturated/α-hetero) is 1. The summed E-state index contributed by atoms with van der Waals surface area (Å²) in [4.78, 5) is 40.1. The number of benzene rings is 1. The highest BCUT2D eigenvalue weighted by atomic mass is 16.6. The molecule has 1 fully saturated rings. The number of rotatable bonds is 6. The number of ether oxygens (including phenoxy) is 1. The van der Waals surface area contributed by atoms with Gasteiger partial charge in [-0.1, -0.05) is 30.3 Å². The van der Waals surface area contributed by atoms with Crippen molar-refractivity contribution in [1.82, 2.24) is 10.2 Å². The summed E-state index contributed by atoms with van der Waals surface area (Å²) in [6.07, 6.45) is 1.35. The molecule has 132 valence electrons. The van der Waals surface area contributed by atoms with Crippen LogP contribution in [0.3, 0.4) is 0 Å². The first kappa shape index (κ1) is 18.4. The van der Waals surface area contributed by atoms with Crippen LogP contribution in [0.15, 0.2) is 30.3 Å². The number of likely N-dealkylation sites (tertiary alicyclic amines) is 1. The zero-order valence-electron chi connectivity index (χ0n) is 13.9.